The first-order chi connectivity index (χ1) is 15.4. The first-order valence-electron chi connectivity index (χ1n) is 11.9. The van der Waals surface area contributed by atoms with E-state index < -0.39 is 24.9 Å². The van der Waals surface area contributed by atoms with Crippen molar-refractivity contribution in [3.8, 4) is 11.3 Å². The van der Waals surface area contributed by atoms with Gasteiger partial charge in [-0.3, -0.25) is 9.69 Å². The van der Waals surface area contributed by atoms with E-state index in [0.717, 1.165) is 62.9 Å². The van der Waals surface area contributed by atoms with Gasteiger partial charge in [0.05, 0.1) is 12.7 Å². The molecule has 0 aromatic rings. The first-order valence-corrected chi connectivity index (χ1v) is 11.9. The molecule has 32 heavy (non-hydrogen) atoms. The van der Waals surface area contributed by atoms with Crippen LogP contribution >= 0.6 is 0 Å². The summed E-state index contributed by atoms with van der Waals surface area (Å²) in [6.45, 7) is 2.16. The summed E-state index contributed by atoms with van der Waals surface area (Å²) >= 11 is 0. The van der Waals surface area contributed by atoms with Gasteiger partial charge in [0.1, 0.15) is 5.76 Å². The highest BCUT2D eigenvalue weighted by Gasteiger charge is 2.30. The zero-order chi connectivity index (χ0) is 22.6. The molecule has 0 aromatic heterocycles. The van der Waals surface area contributed by atoms with Crippen molar-refractivity contribution in [2.45, 2.75) is 82.5 Å². The van der Waals surface area contributed by atoms with Gasteiger partial charge in [0.15, 0.2) is 0 Å². The second-order valence-electron chi connectivity index (χ2n) is 9.46. The molecule has 1 N–H and O–H groups in total. The highest BCUT2D eigenvalue weighted by molar-refractivity contribution is 5.76. The average molecular weight is 451 g/mol. The van der Waals surface area contributed by atoms with E-state index in [4.69, 9.17) is 4.42 Å². The maximum atomic E-state index is 12.3. The number of fused-ring (bicyclic) bond motifs is 1. The molecule has 0 radical (unpaired) electrons. The maximum absolute atomic E-state index is 12.3. The molecular formula is C25H33F3N2O2. The molecule has 1 saturated heterocycles. The normalized spacial score (nSPS) is 25.2. The minimum Gasteiger partial charge on any atom is -0.464 e. The summed E-state index contributed by atoms with van der Waals surface area (Å²) in [5.74, 6) is 1.07. The van der Waals surface area contributed by atoms with Gasteiger partial charge in [0.2, 0.25) is 5.91 Å². The van der Waals surface area contributed by atoms with Crippen LogP contribution in [0.2, 0.25) is 0 Å². The number of alkyl halides is 3. The zero-order valence-corrected chi connectivity index (χ0v) is 18.5. The van der Waals surface area contributed by atoms with Crippen molar-refractivity contribution < 1.29 is 22.4 Å². The molecule has 1 saturated carbocycles. The van der Waals surface area contributed by atoms with Crippen LogP contribution in [0.4, 0.5) is 13.2 Å². The van der Waals surface area contributed by atoms with Crippen LogP contribution in [0.5, 0.6) is 0 Å². The van der Waals surface area contributed by atoms with E-state index >= 15 is 0 Å². The summed E-state index contributed by atoms with van der Waals surface area (Å²) in [6.07, 6.45) is 4.63. The number of likely N-dealkylation sites (tertiary alicyclic amines) is 1. The van der Waals surface area contributed by atoms with Gasteiger partial charge in [-0.1, -0.05) is 18.6 Å². The molecule has 176 valence electrons. The number of hydrogen-bond acceptors (Lipinski definition) is 3. The van der Waals surface area contributed by atoms with Crippen LogP contribution in [0.3, 0.4) is 0 Å². The van der Waals surface area contributed by atoms with Crippen molar-refractivity contribution in [3.63, 3.8) is 0 Å². The summed E-state index contributed by atoms with van der Waals surface area (Å²) in [5.41, 5.74) is 2.41. The second-order valence-corrected chi connectivity index (χ2v) is 9.46. The Morgan fingerprint density at radius 3 is 2.72 bits per heavy atom. The minimum atomic E-state index is -4.27. The molecule has 2 aliphatic heterocycles. The molecule has 1 unspecified atom stereocenters. The highest BCUT2D eigenvalue weighted by atomic mass is 19.4. The quantitative estimate of drug-likeness (QED) is 0.537. The number of nitrogens with one attached hydrogen (secondary N) is 1. The lowest BCUT2D eigenvalue weighted by atomic mass is 9.83. The van der Waals surface area contributed by atoms with E-state index in [2.05, 4.69) is 22.3 Å². The topological polar surface area (TPSA) is 45.5 Å². The Morgan fingerprint density at radius 1 is 1.12 bits per heavy atom. The number of rotatable bonds is 7. The van der Waals surface area contributed by atoms with Crippen LogP contribution in [0.1, 0.15) is 75.8 Å². The highest BCUT2D eigenvalue weighted by Crippen LogP contribution is 2.36. The molecule has 2 aliphatic carbocycles. The predicted molar refractivity (Wildman–Crippen MR) is 117 cm³/mol. The molecular weight excluding hydrogens is 417 g/mol. The number of halogens is 3. The van der Waals surface area contributed by atoms with Crippen molar-refractivity contribution in [1.29, 1.82) is 0 Å². The van der Waals surface area contributed by atoms with Crippen LogP contribution in [-0.4, -0.2) is 36.1 Å². The van der Waals surface area contributed by atoms with Gasteiger partial charge in [-0.2, -0.15) is 13.2 Å². The zero-order valence-electron chi connectivity index (χ0n) is 18.5. The summed E-state index contributed by atoms with van der Waals surface area (Å²) in [6, 6.07) is 8.78. The lowest BCUT2D eigenvalue weighted by Gasteiger charge is -2.37. The Hall–Kier alpha value is -2.02. The number of carbonyl (C=O) groups excluding carboxylic acids is 1. The third kappa shape index (κ3) is 6.27. The Kier molecular flexibility index (Phi) is 7.44. The first kappa shape index (κ1) is 23.1. The largest absolute Gasteiger partial charge is 0.464 e. The van der Waals surface area contributed by atoms with Crippen LogP contribution in [-0.2, 0) is 4.79 Å². The molecule has 4 nitrogen and oxygen atoms in total. The van der Waals surface area contributed by atoms with Crippen LogP contribution < -0.4 is 5.32 Å². The van der Waals surface area contributed by atoms with Crippen LogP contribution in [0, 0.1) is 5.92 Å². The number of hydrogen-bond donors (Lipinski definition) is 1. The number of amides is 1. The van der Waals surface area contributed by atoms with Crippen molar-refractivity contribution >= 4 is 5.91 Å². The molecule has 0 aromatic carbocycles. The Balaban J connectivity index is 1.23. The van der Waals surface area contributed by atoms with E-state index in [-0.39, 0.29) is 6.04 Å². The molecule has 0 spiro atoms. The molecule has 2 fully saturated rings. The summed E-state index contributed by atoms with van der Waals surface area (Å²) in [4.78, 5) is 14.4. The molecule has 1 amide bonds. The summed E-state index contributed by atoms with van der Waals surface area (Å²) in [5, 5.41) is 2.80. The fourth-order valence-electron chi connectivity index (χ4n) is 5.30. The second kappa shape index (κ2) is 10.3. The van der Waals surface area contributed by atoms with Crippen molar-refractivity contribution in [2.75, 3.05) is 13.1 Å². The molecule has 0 bridgehead atoms. The minimum absolute atomic E-state index is 0.0209. The van der Waals surface area contributed by atoms with Crippen LogP contribution in [0.25, 0.3) is 11.3 Å². The van der Waals surface area contributed by atoms with Gasteiger partial charge in [-0.15, -0.1) is 0 Å². The summed E-state index contributed by atoms with van der Waals surface area (Å²) in [7, 11) is 0. The lowest BCUT2D eigenvalue weighted by molar-refractivity contribution is -0.144. The third-order valence-electron chi connectivity index (χ3n) is 7.12. The standard InChI is InChI=1S/C25H33F3N2O2/c26-25(27,28)13-11-24(31)29-21-9-7-18(8-10-21)12-15-30-14-2-1-5-22(30)20-16-19-4-3-6-23(19)32-17-20/h3-4,6,16-18,21-22H,1-2,5,7-15H2,(H,29,31). The maximum Gasteiger partial charge on any atom is 0.389 e. The smallest absolute Gasteiger partial charge is 0.389 e. The van der Waals surface area contributed by atoms with Gasteiger partial charge in [-0.05, 0) is 76.1 Å². The SMILES string of the molecule is O=C(CCC(F)(F)F)NC1CCC(CCN2CCCCC2c2coc3cccc-3c2)CC1. The average Bonchev–Trinajstić information content (AvgIpc) is 3.25. The van der Waals surface area contributed by atoms with Gasteiger partial charge < -0.3 is 9.73 Å². The van der Waals surface area contributed by atoms with Crippen molar-refractivity contribution in [1.82, 2.24) is 10.2 Å². The fourth-order valence-corrected chi connectivity index (χ4v) is 5.30. The number of nitrogens with zero attached hydrogens (tertiary/aromatic N) is 1. The Labute approximate surface area is 187 Å². The Bertz CT molecular complexity index is 842. The monoisotopic (exact) mass is 450 g/mol. The summed E-state index contributed by atoms with van der Waals surface area (Å²) < 4.78 is 42.7. The lowest BCUT2D eigenvalue weighted by Crippen LogP contribution is -2.39. The van der Waals surface area contributed by atoms with E-state index in [1.54, 1.807) is 0 Å². The molecule has 4 rings (SSSR count). The number of carbonyl (C=O) groups is 1. The van der Waals surface area contributed by atoms with E-state index in [1.807, 2.05) is 18.4 Å². The van der Waals surface area contributed by atoms with Gasteiger partial charge in [0.25, 0.3) is 0 Å². The molecule has 7 heteroatoms. The van der Waals surface area contributed by atoms with Crippen LogP contribution in [0.15, 0.2) is 34.9 Å². The van der Waals surface area contributed by atoms with E-state index in [0.29, 0.717) is 12.0 Å². The predicted octanol–water partition coefficient (Wildman–Crippen LogP) is 6.32. The molecule has 2 heterocycles. The Morgan fingerprint density at radius 2 is 1.94 bits per heavy atom. The van der Waals surface area contributed by atoms with Gasteiger partial charge in [0, 0.05) is 29.6 Å². The molecule has 4 aliphatic rings. The third-order valence-corrected chi connectivity index (χ3v) is 7.12. The van der Waals surface area contributed by atoms with Gasteiger partial charge in [-0.25, -0.2) is 0 Å². The van der Waals surface area contributed by atoms with E-state index in [9.17, 15) is 18.0 Å². The van der Waals surface area contributed by atoms with Crippen molar-refractivity contribution in [2.24, 2.45) is 5.92 Å². The molecule has 1 atom stereocenters. The number of piperidine rings is 1. The fraction of sp³-hybridized carbons (Fsp3) is 0.640. The van der Waals surface area contributed by atoms with E-state index in [1.165, 1.54) is 18.4 Å². The van der Waals surface area contributed by atoms with Gasteiger partial charge >= 0.3 is 6.18 Å². The van der Waals surface area contributed by atoms with Crippen molar-refractivity contribution in [3.05, 3.63) is 36.1 Å².